The average Bonchev–Trinajstić information content (AvgIpc) is 3.63. The van der Waals surface area contributed by atoms with Crippen molar-refractivity contribution < 1.29 is 4.42 Å². The minimum absolute atomic E-state index is 0.896. The molecule has 0 saturated heterocycles. The number of nitrogens with zero attached hydrogens (tertiary/aromatic N) is 1. The lowest BCUT2D eigenvalue weighted by Crippen LogP contribution is -2.11. The normalized spacial score (nSPS) is 11.7. The lowest BCUT2D eigenvalue weighted by Gasteiger charge is -2.29. The minimum Gasteiger partial charge on any atom is -0.455 e. The van der Waals surface area contributed by atoms with E-state index in [0.717, 1.165) is 50.1 Å². The first-order valence-electron chi connectivity index (χ1n) is 18.5. The Labute approximate surface area is 312 Å². The van der Waals surface area contributed by atoms with Gasteiger partial charge in [0.15, 0.2) is 0 Å². The minimum atomic E-state index is 0.896. The summed E-state index contributed by atoms with van der Waals surface area (Å²) in [5, 5.41) is 12.2. The first-order valence-corrected chi connectivity index (χ1v) is 18.5. The van der Waals surface area contributed by atoms with Crippen molar-refractivity contribution in [2.75, 3.05) is 4.90 Å². The molecule has 0 aliphatic rings. The smallest absolute Gasteiger partial charge is 0.143 e. The second-order valence-corrected chi connectivity index (χ2v) is 14.0. The van der Waals surface area contributed by atoms with Gasteiger partial charge in [0.1, 0.15) is 11.2 Å². The van der Waals surface area contributed by atoms with E-state index in [0.29, 0.717) is 0 Å². The molecule has 1 heterocycles. The molecule has 0 fully saturated rings. The first-order chi connectivity index (χ1) is 26.8. The van der Waals surface area contributed by atoms with Gasteiger partial charge in [-0.2, -0.15) is 0 Å². The fourth-order valence-corrected chi connectivity index (χ4v) is 8.56. The zero-order valence-electron chi connectivity index (χ0n) is 29.4. The molecule has 11 aromatic rings. The van der Waals surface area contributed by atoms with E-state index in [1.807, 2.05) is 6.07 Å². The van der Waals surface area contributed by atoms with Gasteiger partial charge in [0.2, 0.25) is 0 Å². The van der Waals surface area contributed by atoms with E-state index in [1.165, 1.54) is 54.2 Å². The molecule has 0 bridgehead atoms. The van der Waals surface area contributed by atoms with Crippen molar-refractivity contribution in [3.05, 3.63) is 200 Å². The Kier molecular flexibility index (Phi) is 6.90. The zero-order chi connectivity index (χ0) is 35.6. The molecule has 0 aliphatic heterocycles. The molecular formula is C52H33NO. The summed E-state index contributed by atoms with van der Waals surface area (Å²) >= 11 is 0. The van der Waals surface area contributed by atoms with Gasteiger partial charge in [0.05, 0.1) is 11.4 Å². The van der Waals surface area contributed by atoms with E-state index in [1.54, 1.807) is 0 Å². The fraction of sp³-hybridized carbons (Fsp3) is 0. The van der Waals surface area contributed by atoms with E-state index in [2.05, 4.69) is 199 Å². The van der Waals surface area contributed by atoms with Crippen LogP contribution < -0.4 is 4.90 Å². The third kappa shape index (κ3) is 4.74. The lowest BCUT2D eigenvalue weighted by atomic mass is 9.94. The second kappa shape index (κ2) is 12.2. The number of para-hydroxylation sites is 3. The quantitative estimate of drug-likeness (QED) is 0.168. The Morgan fingerprint density at radius 1 is 0.296 bits per heavy atom. The highest BCUT2D eigenvalue weighted by atomic mass is 16.3. The molecule has 11 rings (SSSR count). The zero-order valence-corrected chi connectivity index (χ0v) is 29.4. The van der Waals surface area contributed by atoms with E-state index in [9.17, 15) is 0 Å². The molecule has 2 heteroatoms. The monoisotopic (exact) mass is 687 g/mol. The second-order valence-electron chi connectivity index (χ2n) is 14.0. The summed E-state index contributed by atoms with van der Waals surface area (Å²) < 4.78 is 6.61. The Morgan fingerprint density at radius 3 is 1.61 bits per heavy atom. The Balaban J connectivity index is 1.14. The van der Waals surface area contributed by atoms with Gasteiger partial charge in [0.25, 0.3) is 0 Å². The molecule has 54 heavy (non-hydrogen) atoms. The van der Waals surface area contributed by atoms with E-state index in [-0.39, 0.29) is 0 Å². The van der Waals surface area contributed by atoms with Crippen molar-refractivity contribution in [1.82, 2.24) is 0 Å². The maximum atomic E-state index is 6.61. The lowest BCUT2D eigenvalue weighted by molar-refractivity contribution is 0.670. The molecule has 0 N–H and O–H groups in total. The van der Waals surface area contributed by atoms with Crippen molar-refractivity contribution in [1.29, 1.82) is 0 Å². The van der Waals surface area contributed by atoms with Crippen molar-refractivity contribution >= 4 is 82.1 Å². The van der Waals surface area contributed by atoms with E-state index in [4.69, 9.17) is 4.42 Å². The summed E-state index contributed by atoms with van der Waals surface area (Å²) in [6.45, 7) is 0. The highest BCUT2D eigenvalue weighted by molar-refractivity contribution is 6.15. The van der Waals surface area contributed by atoms with Crippen LogP contribution in [0.2, 0.25) is 0 Å². The molecule has 0 atom stereocenters. The summed E-state index contributed by atoms with van der Waals surface area (Å²) in [5.41, 5.74) is 9.64. The summed E-state index contributed by atoms with van der Waals surface area (Å²) in [4.78, 5) is 2.42. The summed E-state index contributed by atoms with van der Waals surface area (Å²) in [5.74, 6) is 0. The van der Waals surface area contributed by atoms with Crippen LogP contribution in [-0.4, -0.2) is 0 Å². The van der Waals surface area contributed by atoms with Crippen LogP contribution >= 0.6 is 0 Å². The van der Waals surface area contributed by atoms with Gasteiger partial charge in [-0.15, -0.1) is 0 Å². The van der Waals surface area contributed by atoms with Gasteiger partial charge in [-0.05, 0) is 79.2 Å². The standard InChI is InChI=1S/C52H33NO/c1-3-14-38-34(12-1)28-32-43-40(18-9-19-41(38)43)36-26-30-37(31-27-36)53(50-24-11-20-42-39-15-4-2-13-35(39)29-33-45(42)50)49-23-7-5-16-44(49)47-21-10-22-48-46-17-6-8-25-51(46)54-52(47)48/h1-33H. The van der Waals surface area contributed by atoms with Crippen LogP contribution in [-0.2, 0) is 0 Å². The van der Waals surface area contributed by atoms with Crippen LogP contribution in [0.1, 0.15) is 0 Å². The molecule has 0 radical (unpaired) electrons. The first kappa shape index (κ1) is 30.5. The van der Waals surface area contributed by atoms with Gasteiger partial charge in [-0.1, -0.05) is 170 Å². The third-order valence-electron chi connectivity index (χ3n) is 11.1. The van der Waals surface area contributed by atoms with E-state index >= 15 is 0 Å². The number of benzene rings is 10. The molecule has 0 saturated carbocycles. The fourth-order valence-electron chi connectivity index (χ4n) is 8.56. The van der Waals surface area contributed by atoms with Gasteiger partial charge < -0.3 is 9.32 Å². The number of rotatable bonds is 5. The number of fused-ring (bicyclic) bond motifs is 9. The van der Waals surface area contributed by atoms with Crippen molar-refractivity contribution in [3.63, 3.8) is 0 Å². The molecule has 0 amide bonds. The van der Waals surface area contributed by atoms with Crippen LogP contribution in [0.5, 0.6) is 0 Å². The van der Waals surface area contributed by atoms with Gasteiger partial charge in [-0.3, -0.25) is 0 Å². The van der Waals surface area contributed by atoms with Gasteiger partial charge in [-0.25, -0.2) is 0 Å². The van der Waals surface area contributed by atoms with E-state index < -0.39 is 0 Å². The molecule has 0 unspecified atom stereocenters. The number of furan rings is 1. The highest BCUT2D eigenvalue weighted by Crippen LogP contribution is 2.47. The predicted octanol–water partition coefficient (Wildman–Crippen LogP) is 15.0. The van der Waals surface area contributed by atoms with Crippen molar-refractivity contribution in [3.8, 4) is 22.3 Å². The molecule has 252 valence electrons. The number of hydrogen-bond acceptors (Lipinski definition) is 2. The maximum Gasteiger partial charge on any atom is 0.143 e. The Morgan fingerprint density at radius 2 is 0.833 bits per heavy atom. The predicted molar refractivity (Wildman–Crippen MR) is 229 cm³/mol. The summed E-state index contributed by atoms with van der Waals surface area (Å²) in [7, 11) is 0. The molecule has 1 aromatic heterocycles. The number of hydrogen-bond donors (Lipinski definition) is 0. The SMILES string of the molecule is c1ccc(N(c2ccc(-c3cccc4c3ccc3ccccc34)cc2)c2cccc3c2ccc2ccccc23)c(-c2cccc3c2oc2ccccc23)c1. The van der Waals surface area contributed by atoms with Crippen molar-refractivity contribution in [2.24, 2.45) is 0 Å². The topological polar surface area (TPSA) is 16.4 Å². The third-order valence-corrected chi connectivity index (χ3v) is 11.1. The van der Waals surface area contributed by atoms with Crippen LogP contribution in [0.4, 0.5) is 17.1 Å². The largest absolute Gasteiger partial charge is 0.455 e. The van der Waals surface area contributed by atoms with Gasteiger partial charge >= 0.3 is 0 Å². The molecule has 0 spiro atoms. The average molecular weight is 688 g/mol. The number of anilines is 3. The highest BCUT2D eigenvalue weighted by Gasteiger charge is 2.22. The molecular weight excluding hydrogens is 655 g/mol. The van der Waals surface area contributed by atoms with Crippen LogP contribution in [0, 0.1) is 0 Å². The van der Waals surface area contributed by atoms with Crippen LogP contribution in [0.15, 0.2) is 205 Å². The Hall–Kier alpha value is -7.16. The Bertz CT molecular complexity index is 3230. The van der Waals surface area contributed by atoms with Crippen LogP contribution in [0.25, 0.3) is 87.3 Å². The molecule has 0 aliphatic carbocycles. The molecule has 2 nitrogen and oxygen atoms in total. The maximum absolute atomic E-state index is 6.61. The molecule has 10 aromatic carbocycles. The van der Waals surface area contributed by atoms with Crippen LogP contribution in [0.3, 0.4) is 0 Å². The van der Waals surface area contributed by atoms with Crippen molar-refractivity contribution in [2.45, 2.75) is 0 Å². The summed E-state index contributed by atoms with van der Waals surface area (Å²) in [6.07, 6.45) is 0. The van der Waals surface area contributed by atoms with Gasteiger partial charge in [0, 0.05) is 33.0 Å². The summed E-state index contributed by atoms with van der Waals surface area (Å²) in [6, 6.07) is 72.3.